The number of methoxy groups -OCH3 is 1. The van der Waals surface area contributed by atoms with Gasteiger partial charge in [-0.1, -0.05) is 26.0 Å². The number of ether oxygens (including phenoxy) is 3. The molecule has 156 valence electrons. The maximum absolute atomic E-state index is 12.9. The zero-order chi connectivity index (χ0) is 20.4. The molecule has 2 atom stereocenters. The summed E-state index contributed by atoms with van der Waals surface area (Å²) in [7, 11) is 1.64. The number of nitrogens with two attached hydrogens (primary N) is 1. The second-order valence-electron chi connectivity index (χ2n) is 8.50. The first-order valence-electron chi connectivity index (χ1n) is 10.3. The van der Waals surface area contributed by atoms with Crippen LogP contribution >= 0.6 is 0 Å². The van der Waals surface area contributed by atoms with Gasteiger partial charge in [-0.3, -0.25) is 4.79 Å². The van der Waals surface area contributed by atoms with Crippen LogP contribution in [-0.2, 0) is 16.1 Å². The van der Waals surface area contributed by atoms with Crippen molar-refractivity contribution in [3.05, 3.63) is 23.8 Å². The van der Waals surface area contributed by atoms with E-state index in [0.29, 0.717) is 25.3 Å². The van der Waals surface area contributed by atoms with Gasteiger partial charge in [0.25, 0.3) is 0 Å². The second-order valence-corrected chi connectivity index (χ2v) is 8.50. The summed E-state index contributed by atoms with van der Waals surface area (Å²) < 4.78 is 17.5. The third-order valence-corrected chi connectivity index (χ3v) is 6.54. The molecule has 2 fully saturated rings. The van der Waals surface area contributed by atoms with E-state index in [1.54, 1.807) is 7.11 Å². The van der Waals surface area contributed by atoms with Crippen LogP contribution in [0.15, 0.2) is 18.2 Å². The van der Waals surface area contributed by atoms with Gasteiger partial charge in [-0.05, 0) is 38.7 Å². The number of benzene rings is 1. The van der Waals surface area contributed by atoms with E-state index in [0.717, 1.165) is 24.2 Å². The molecule has 2 unspecified atom stereocenters. The average Bonchev–Trinajstić information content (AvgIpc) is 3.19. The minimum atomic E-state index is -0.932. The van der Waals surface area contributed by atoms with Crippen LogP contribution in [0.5, 0.6) is 11.5 Å². The Morgan fingerprint density at radius 3 is 2.61 bits per heavy atom. The predicted octanol–water partition coefficient (Wildman–Crippen LogP) is 3.17. The smallest absolute Gasteiger partial charge is 0.241 e. The predicted molar refractivity (Wildman–Crippen MR) is 108 cm³/mol. The lowest BCUT2D eigenvalue weighted by molar-refractivity contribution is -0.170. The van der Waals surface area contributed by atoms with E-state index in [-0.39, 0.29) is 18.1 Å². The van der Waals surface area contributed by atoms with Gasteiger partial charge in [-0.25, -0.2) is 0 Å². The van der Waals surface area contributed by atoms with Gasteiger partial charge in [-0.15, -0.1) is 0 Å². The summed E-state index contributed by atoms with van der Waals surface area (Å²) in [5.74, 6) is 1.27. The molecule has 1 aromatic carbocycles. The fourth-order valence-corrected chi connectivity index (χ4v) is 4.32. The SMILES string of the molecule is CCOC1CC(N)(C(=O)NCc2cccc(OC)c2OC2CCCC2)C1(C)C. The molecule has 28 heavy (non-hydrogen) atoms. The summed E-state index contributed by atoms with van der Waals surface area (Å²) in [4.78, 5) is 12.9. The number of hydrogen-bond donors (Lipinski definition) is 2. The van der Waals surface area contributed by atoms with Crippen LogP contribution in [0.1, 0.15) is 58.4 Å². The van der Waals surface area contributed by atoms with E-state index in [9.17, 15) is 4.79 Å². The van der Waals surface area contributed by atoms with Gasteiger partial charge in [0.1, 0.15) is 5.54 Å². The first kappa shape index (κ1) is 20.9. The number of para-hydroxylation sites is 1. The first-order valence-corrected chi connectivity index (χ1v) is 10.3. The van der Waals surface area contributed by atoms with Gasteiger partial charge in [0.05, 0.1) is 19.3 Å². The van der Waals surface area contributed by atoms with Gasteiger partial charge in [0.2, 0.25) is 5.91 Å². The highest BCUT2D eigenvalue weighted by Crippen LogP contribution is 2.50. The summed E-state index contributed by atoms with van der Waals surface area (Å²) in [5.41, 5.74) is 6.05. The zero-order valence-corrected chi connectivity index (χ0v) is 17.5. The molecule has 2 aliphatic rings. The van der Waals surface area contributed by atoms with Crippen molar-refractivity contribution in [2.24, 2.45) is 11.1 Å². The van der Waals surface area contributed by atoms with Crippen molar-refractivity contribution in [3.8, 4) is 11.5 Å². The highest BCUT2D eigenvalue weighted by atomic mass is 16.5. The summed E-state index contributed by atoms with van der Waals surface area (Å²) in [6.45, 7) is 6.93. The van der Waals surface area contributed by atoms with Gasteiger partial charge in [0.15, 0.2) is 11.5 Å². The highest BCUT2D eigenvalue weighted by Gasteiger charge is 2.62. The van der Waals surface area contributed by atoms with Crippen LogP contribution in [0.25, 0.3) is 0 Å². The van der Waals surface area contributed by atoms with Crippen LogP contribution in [-0.4, -0.2) is 37.4 Å². The largest absolute Gasteiger partial charge is 0.493 e. The van der Waals surface area contributed by atoms with Crippen molar-refractivity contribution in [1.29, 1.82) is 0 Å². The van der Waals surface area contributed by atoms with Gasteiger partial charge in [-0.2, -0.15) is 0 Å². The molecular formula is C22H34N2O4. The number of nitrogens with one attached hydrogen (secondary N) is 1. The zero-order valence-electron chi connectivity index (χ0n) is 17.5. The Balaban J connectivity index is 1.69. The second kappa shape index (κ2) is 8.29. The van der Waals surface area contributed by atoms with Gasteiger partial charge >= 0.3 is 0 Å². The molecular weight excluding hydrogens is 356 g/mol. The Labute approximate surface area is 168 Å². The van der Waals surface area contributed by atoms with Crippen molar-refractivity contribution < 1.29 is 19.0 Å². The molecule has 2 aliphatic carbocycles. The number of hydrogen-bond acceptors (Lipinski definition) is 5. The normalized spacial score (nSPS) is 26.5. The topological polar surface area (TPSA) is 82.8 Å². The standard InChI is InChI=1S/C22H34N2O4/c1-5-27-18-13-22(23,21(18,2)3)20(25)24-14-15-9-8-12-17(26-4)19(15)28-16-10-6-7-11-16/h8-9,12,16,18H,5-7,10-11,13-14,23H2,1-4H3,(H,24,25). The average molecular weight is 391 g/mol. The fourth-order valence-electron chi connectivity index (χ4n) is 4.32. The number of rotatable bonds is 8. The fraction of sp³-hybridized carbons (Fsp3) is 0.682. The molecule has 3 rings (SSSR count). The molecule has 1 amide bonds. The minimum Gasteiger partial charge on any atom is -0.493 e. The van der Waals surface area contributed by atoms with E-state index in [1.807, 2.05) is 39.0 Å². The summed E-state index contributed by atoms with van der Waals surface area (Å²) in [6.07, 6.45) is 5.25. The van der Waals surface area contributed by atoms with Gasteiger partial charge < -0.3 is 25.3 Å². The van der Waals surface area contributed by atoms with Crippen LogP contribution in [0.2, 0.25) is 0 Å². The van der Waals surface area contributed by atoms with Crippen LogP contribution < -0.4 is 20.5 Å². The maximum Gasteiger partial charge on any atom is 0.241 e. The molecule has 0 aliphatic heterocycles. The van der Waals surface area contributed by atoms with E-state index < -0.39 is 11.0 Å². The quantitative estimate of drug-likeness (QED) is 0.712. The van der Waals surface area contributed by atoms with Crippen LogP contribution in [0, 0.1) is 5.41 Å². The Morgan fingerprint density at radius 1 is 1.29 bits per heavy atom. The van der Waals surface area contributed by atoms with Crippen molar-refractivity contribution in [2.45, 2.75) is 77.2 Å². The molecule has 0 radical (unpaired) electrons. The van der Waals surface area contributed by atoms with E-state index in [1.165, 1.54) is 12.8 Å². The molecule has 3 N–H and O–H groups in total. The number of carbonyl (C=O) groups excluding carboxylic acids is 1. The number of carbonyl (C=O) groups is 1. The number of amides is 1. The maximum atomic E-state index is 12.9. The molecule has 0 aromatic heterocycles. The molecule has 6 nitrogen and oxygen atoms in total. The molecule has 0 bridgehead atoms. The van der Waals surface area contributed by atoms with Crippen molar-refractivity contribution >= 4 is 5.91 Å². The molecule has 1 aromatic rings. The Morgan fingerprint density at radius 2 is 2.00 bits per heavy atom. The van der Waals surface area contributed by atoms with E-state index in [4.69, 9.17) is 19.9 Å². The summed E-state index contributed by atoms with van der Waals surface area (Å²) >= 11 is 0. The highest BCUT2D eigenvalue weighted by molar-refractivity contribution is 5.88. The van der Waals surface area contributed by atoms with E-state index >= 15 is 0 Å². The summed E-state index contributed by atoms with van der Waals surface area (Å²) in [6, 6.07) is 5.77. The molecule has 2 saturated carbocycles. The lowest BCUT2D eigenvalue weighted by Gasteiger charge is -2.57. The van der Waals surface area contributed by atoms with Crippen molar-refractivity contribution in [3.63, 3.8) is 0 Å². The van der Waals surface area contributed by atoms with Crippen LogP contribution in [0.3, 0.4) is 0 Å². The van der Waals surface area contributed by atoms with Crippen molar-refractivity contribution in [1.82, 2.24) is 5.32 Å². The monoisotopic (exact) mass is 390 g/mol. The van der Waals surface area contributed by atoms with E-state index in [2.05, 4.69) is 5.32 Å². The third kappa shape index (κ3) is 3.72. The van der Waals surface area contributed by atoms with Gasteiger partial charge in [0, 0.05) is 30.6 Å². The lowest BCUT2D eigenvalue weighted by Crippen LogP contribution is -2.75. The molecule has 0 saturated heterocycles. The summed E-state index contributed by atoms with van der Waals surface area (Å²) in [5, 5.41) is 3.02. The minimum absolute atomic E-state index is 0.00586. The van der Waals surface area contributed by atoms with Crippen molar-refractivity contribution in [2.75, 3.05) is 13.7 Å². The first-order chi connectivity index (χ1) is 13.3. The van der Waals surface area contributed by atoms with Crippen LogP contribution in [0.4, 0.5) is 0 Å². The molecule has 6 heteroatoms. The third-order valence-electron chi connectivity index (χ3n) is 6.54. The Kier molecular flexibility index (Phi) is 6.20. The molecule has 0 heterocycles. The molecule has 0 spiro atoms. The lowest BCUT2D eigenvalue weighted by atomic mass is 9.54. The Bertz CT molecular complexity index is 700. The Hall–Kier alpha value is -1.79.